The number of ether oxygens (including phenoxy) is 2. The summed E-state index contributed by atoms with van der Waals surface area (Å²) >= 11 is 0. The second-order valence-corrected chi connectivity index (χ2v) is 13.0. The van der Waals surface area contributed by atoms with E-state index in [2.05, 4.69) is 61.8 Å². The Morgan fingerprint density at radius 3 is 1.87 bits per heavy atom. The van der Waals surface area contributed by atoms with Crippen LogP contribution in [0.15, 0.2) is 60.8 Å². The predicted molar refractivity (Wildman–Crippen MR) is 185 cm³/mol. The summed E-state index contributed by atoms with van der Waals surface area (Å²) in [6.07, 6.45) is 31.4. The second kappa shape index (κ2) is 30.1. The van der Waals surface area contributed by atoms with E-state index in [4.69, 9.17) is 19.3 Å². The predicted octanol–water partition coefficient (Wildman–Crippen LogP) is 8.61. The minimum absolute atomic E-state index is 0.0211. The highest BCUT2D eigenvalue weighted by Crippen LogP contribution is 2.35. The van der Waals surface area contributed by atoms with Crippen LogP contribution in [0.25, 0.3) is 0 Å². The molecule has 264 valence electrons. The lowest BCUT2D eigenvalue weighted by Crippen LogP contribution is -2.29. The molecule has 46 heavy (non-hydrogen) atoms. The molecule has 0 aromatic carbocycles. The molecular weight excluding hydrogens is 607 g/mol. The zero-order valence-corrected chi connectivity index (χ0v) is 29.4. The number of hydrogen-bond acceptors (Lipinski definition) is 7. The molecule has 0 bridgehead atoms. The van der Waals surface area contributed by atoms with Gasteiger partial charge in [-0.3, -0.25) is 14.1 Å². The van der Waals surface area contributed by atoms with Gasteiger partial charge in [0.15, 0.2) is 6.10 Å². The van der Waals surface area contributed by atoms with Gasteiger partial charge in [-0.1, -0.05) is 126 Å². The summed E-state index contributed by atoms with van der Waals surface area (Å²) in [6, 6.07) is 0. The van der Waals surface area contributed by atoms with E-state index in [9.17, 15) is 19.3 Å². The van der Waals surface area contributed by atoms with Gasteiger partial charge in [0.1, 0.15) is 6.61 Å². The van der Waals surface area contributed by atoms with Crippen molar-refractivity contribution in [1.82, 2.24) is 0 Å². The topological polar surface area (TPSA) is 140 Å². The monoisotopic (exact) mass is 668 g/mol. The lowest BCUT2D eigenvalue weighted by atomic mass is 10.0. The molecule has 9 nitrogen and oxygen atoms in total. The molecule has 0 spiro atoms. The summed E-state index contributed by atoms with van der Waals surface area (Å²) in [6.45, 7) is 5.61. The van der Waals surface area contributed by atoms with E-state index in [1.165, 1.54) is 25.7 Å². The minimum atomic E-state index is -4.80. The van der Waals surface area contributed by atoms with Gasteiger partial charge in [0.25, 0.3) is 0 Å². The van der Waals surface area contributed by atoms with Crippen molar-refractivity contribution in [2.45, 2.75) is 136 Å². The summed E-state index contributed by atoms with van der Waals surface area (Å²) < 4.78 is 26.1. The van der Waals surface area contributed by atoms with Crippen LogP contribution in [-0.2, 0) is 28.2 Å². The van der Waals surface area contributed by atoms with Crippen LogP contribution in [0, 0.1) is 5.92 Å². The quantitative estimate of drug-likeness (QED) is 0.0235. The molecule has 0 radical (unpaired) electrons. The number of aliphatic hydroxyl groups is 1. The number of carbonyl (C=O) groups is 2. The highest BCUT2D eigenvalue weighted by molar-refractivity contribution is 7.46. The average Bonchev–Trinajstić information content (AvgIpc) is 2.99. The van der Waals surface area contributed by atoms with Gasteiger partial charge in [0.05, 0.1) is 12.7 Å². The first-order valence-electron chi connectivity index (χ1n) is 17.0. The van der Waals surface area contributed by atoms with Crippen molar-refractivity contribution >= 4 is 19.8 Å². The van der Waals surface area contributed by atoms with Gasteiger partial charge < -0.3 is 24.4 Å². The highest BCUT2D eigenvalue weighted by atomic mass is 31.2. The zero-order valence-electron chi connectivity index (χ0n) is 28.5. The number of carbonyl (C=O) groups excluding carboxylic acids is 2. The van der Waals surface area contributed by atoms with Gasteiger partial charge >= 0.3 is 19.8 Å². The first-order valence-corrected chi connectivity index (χ1v) is 18.6. The standard InChI is InChI=1S/C36H61O9P/c1-4-5-6-7-8-9-10-11-12-13-16-19-22-26-33(37)27-24-29-36(39)45-34(31-44-46(40,41)42)30-43-35(38)28-23-20-17-14-15-18-21-25-32(2)3/h5-6,8-9,11-12,16,19,22,26,32-34,37H,4,7,10,13-15,17-18,20-21,23-25,27-31H2,1-3H3,(H2,40,41,42)/b6-5-,9-8-,12-11-,19-16-,26-22+/t33?,34-/m1/s1. The van der Waals surface area contributed by atoms with Crippen molar-refractivity contribution in [3.05, 3.63) is 60.8 Å². The summed E-state index contributed by atoms with van der Waals surface area (Å²) in [5, 5.41) is 10.1. The molecule has 2 atom stereocenters. The lowest BCUT2D eigenvalue weighted by molar-refractivity contribution is -0.161. The summed E-state index contributed by atoms with van der Waals surface area (Å²) in [7, 11) is -4.80. The zero-order chi connectivity index (χ0) is 34.3. The van der Waals surface area contributed by atoms with E-state index in [1.807, 2.05) is 12.2 Å². The molecule has 0 fully saturated rings. The number of unbranched alkanes of at least 4 members (excludes halogenated alkanes) is 6. The molecule has 0 saturated heterocycles. The Labute approximate surface area is 278 Å². The van der Waals surface area contributed by atoms with Crippen molar-refractivity contribution < 1.29 is 43.0 Å². The van der Waals surface area contributed by atoms with Crippen LogP contribution >= 0.6 is 7.82 Å². The van der Waals surface area contributed by atoms with E-state index in [1.54, 1.807) is 12.2 Å². The summed E-state index contributed by atoms with van der Waals surface area (Å²) in [4.78, 5) is 42.5. The SMILES string of the molecule is CC/C=C\C/C=C\C/C=C\C/C=C\C=C\C(O)CCCC(=O)O[C@H](COC(=O)CCCCCCCCCC(C)C)COP(=O)(O)O. The van der Waals surface area contributed by atoms with Crippen molar-refractivity contribution in [2.24, 2.45) is 5.92 Å². The van der Waals surface area contributed by atoms with E-state index in [-0.39, 0.29) is 19.4 Å². The molecule has 0 aromatic rings. The maximum Gasteiger partial charge on any atom is 0.469 e. The third-order valence-electron chi connectivity index (χ3n) is 6.83. The Morgan fingerprint density at radius 1 is 0.696 bits per heavy atom. The number of aliphatic hydroxyl groups excluding tert-OH is 1. The number of allylic oxidation sites excluding steroid dienone is 9. The van der Waals surface area contributed by atoms with Crippen LogP contribution in [0.2, 0.25) is 0 Å². The fourth-order valence-corrected chi connectivity index (χ4v) is 4.65. The Bertz CT molecular complexity index is 963. The summed E-state index contributed by atoms with van der Waals surface area (Å²) in [5.74, 6) is -0.358. The van der Waals surface area contributed by atoms with Crippen LogP contribution in [0.1, 0.15) is 124 Å². The molecule has 0 aliphatic rings. The highest BCUT2D eigenvalue weighted by Gasteiger charge is 2.23. The molecule has 3 N–H and O–H groups in total. The van der Waals surface area contributed by atoms with Crippen LogP contribution in [0.4, 0.5) is 0 Å². The Kier molecular flexibility index (Phi) is 28.6. The van der Waals surface area contributed by atoms with Gasteiger partial charge in [0.2, 0.25) is 0 Å². The molecule has 0 aliphatic carbocycles. The largest absolute Gasteiger partial charge is 0.469 e. The first-order chi connectivity index (χ1) is 22.0. The maximum absolute atomic E-state index is 12.3. The van der Waals surface area contributed by atoms with Crippen LogP contribution in [0.5, 0.6) is 0 Å². The van der Waals surface area contributed by atoms with Crippen LogP contribution < -0.4 is 0 Å². The molecule has 1 unspecified atom stereocenters. The van der Waals surface area contributed by atoms with E-state index in [0.29, 0.717) is 19.3 Å². The van der Waals surface area contributed by atoms with E-state index in [0.717, 1.165) is 50.9 Å². The maximum atomic E-state index is 12.3. The van der Waals surface area contributed by atoms with Crippen molar-refractivity contribution in [1.29, 1.82) is 0 Å². The summed E-state index contributed by atoms with van der Waals surface area (Å²) in [5.41, 5.74) is 0. The normalized spacial score (nSPS) is 14.1. The smallest absolute Gasteiger partial charge is 0.462 e. The van der Waals surface area contributed by atoms with Gasteiger partial charge in [-0.25, -0.2) is 4.57 Å². The van der Waals surface area contributed by atoms with Crippen LogP contribution in [0.3, 0.4) is 0 Å². The van der Waals surface area contributed by atoms with Gasteiger partial charge in [0, 0.05) is 12.8 Å². The van der Waals surface area contributed by atoms with Gasteiger partial charge in [-0.05, 0) is 50.9 Å². The number of phosphoric acid groups is 1. The molecule has 0 saturated carbocycles. The van der Waals surface area contributed by atoms with Crippen molar-refractivity contribution in [3.63, 3.8) is 0 Å². The minimum Gasteiger partial charge on any atom is -0.462 e. The Morgan fingerprint density at radius 2 is 1.26 bits per heavy atom. The molecule has 0 amide bonds. The molecule has 0 heterocycles. The van der Waals surface area contributed by atoms with E-state index < -0.39 is 38.6 Å². The molecular formula is C36H61O9P. The Hall–Kier alpha value is -2.29. The second-order valence-electron chi connectivity index (χ2n) is 11.8. The van der Waals surface area contributed by atoms with Crippen LogP contribution in [-0.4, -0.2) is 52.3 Å². The average molecular weight is 669 g/mol. The number of hydrogen-bond donors (Lipinski definition) is 3. The first kappa shape index (κ1) is 43.7. The fourth-order valence-electron chi connectivity index (χ4n) is 4.29. The lowest BCUT2D eigenvalue weighted by Gasteiger charge is -2.18. The fraction of sp³-hybridized carbons (Fsp3) is 0.667. The molecule has 10 heteroatoms. The molecule has 0 rings (SSSR count). The van der Waals surface area contributed by atoms with Gasteiger partial charge in [-0.15, -0.1) is 0 Å². The molecule has 0 aliphatic heterocycles. The molecule has 0 aromatic heterocycles. The van der Waals surface area contributed by atoms with Crippen molar-refractivity contribution in [3.8, 4) is 0 Å². The number of phosphoric ester groups is 1. The number of rotatable bonds is 29. The van der Waals surface area contributed by atoms with E-state index >= 15 is 0 Å². The van der Waals surface area contributed by atoms with Crippen molar-refractivity contribution in [2.75, 3.05) is 13.2 Å². The van der Waals surface area contributed by atoms with Gasteiger partial charge in [-0.2, -0.15) is 0 Å². The third-order valence-corrected chi connectivity index (χ3v) is 7.32. The Balaban J connectivity index is 4.28. The third kappa shape index (κ3) is 33.1. The number of esters is 2.